The van der Waals surface area contributed by atoms with Gasteiger partial charge in [-0.05, 0) is 55.1 Å². The van der Waals surface area contributed by atoms with Gasteiger partial charge in [-0.3, -0.25) is 19.3 Å². The number of nitrogens with two attached hydrogens (primary N) is 2. The Morgan fingerprint density at radius 2 is 1.79 bits per heavy atom. The van der Waals surface area contributed by atoms with E-state index in [1.54, 1.807) is 24.1 Å². The number of benzene rings is 2. The maximum atomic E-state index is 13.3. The second kappa shape index (κ2) is 13.7. The van der Waals surface area contributed by atoms with Gasteiger partial charge >= 0.3 is 0 Å². The Morgan fingerprint density at radius 1 is 1.10 bits per heavy atom. The van der Waals surface area contributed by atoms with E-state index in [2.05, 4.69) is 6.07 Å². The number of carbonyl (C=O) groups excluding carboxylic acids is 3. The van der Waals surface area contributed by atoms with Crippen LogP contribution in [0.3, 0.4) is 0 Å². The quantitative estimate of drug-likeness (QED) is 0.243. The summed E-state index contributed by atoms with van der Waals surface area (Å²) in [6.07, 6.45) is 0.523. The number of rotatable bonds is 14. The van der Waals surface area contributed by atoms with E-state index in [0.717, 1.165) is 0 Å². The van der Waals surface area contributed by atoms with Crippen LogP contribution in [0.1, 0.15) is 83.5 Å². The Bertz CT molecular complexity index is 1260. The molecule has 0 heterocycles. The summed E-state index contributed by atoms with van der Waals surface area (Å²) in [5, 5.41) is 20.5. The lowest BCUT2D eigenvalue weighted by molar-refractivity contribution is -0.118. The summed E-state index contributed by atoms with van der Waals surface area (Å²) < 4.78 is 11.2. The number of amides is 2. The fourth-order valence-corrected chi connectivity index (χ4v) is 4.05. The van der Waals surface area contributed by atoms with Crippen molar-refractivity contribution in [3.05, 3.63) is 57.6 Å². The summed E-state index contributed by atoms with van der Waals surface area (Å²) in [5.41, 5.74) is 12.8. The van der Waals surface area contributed by atoms with Gasteiger partial charge in [0, 0.05) is 36.3 Å². The van der Waals surface area contributed by atoms with Gasteiger partial charge in [-0.1, -0.05) is 26.8 Å². The zero-order valence-corrected chi connectivity index (χ0v) is 23.3. The standard InChI is InChI=1S/C29H38N4O6/c1-6-38-17-21-10-20(19(14-30)11-22(21)28(32)37)15-33(5)16-24(34)18-12-23(29(2,3)4)27(36)25(13-18)39-9-7-8-26(31)35/h10-13,36H,6-9,15-17H2,1-5H3,(H2,31,35)(H2,32,37). The molecule has 2 aromatic carbocycles. The van der Waals surface area contributed by atoms with E-state index in [-0.39, 0.29) is 61.1 Å². The summed E-state index contributed by atoms with van der Waals surface area (Å²) in [4.78, 5) is 38.0. The highest BCUT2D eigenvalue weighted by Gasteiger charge is 2.25. The molecular formula is C29H38N4O6. The van der Waals surface area contributed by atoms with Crippen LogP contribution in [0.5, 0.6) is 11.5 Å². The molecule has 0 bridgehead atoms. The fraction of sp³-hybridized carbons (Fsp3) is 0.448. The first-order valence-electron chi connectivity index (χ1n) is 12.7. The first-order valence-corrected chi connectivity index (χ1v) is 12.7. The normalized spacial score (nSPS) is 11.3. The molecule has 0 radical (unpaired) electrons. The maximum Gasteiger partial charge on any atom is 0.249 e. The lowest BCUT2D eigenvalue weighted by atomic mass is 9.84. The van der Waals surface area contributed by atoms with Crippen molar-refractivity contribution in [3.63, 3.8) is 0 Å². The van der Waals surface area contributed by atoms with Crippen LogP contribution in [-0.4, -0.2) is 54.4 Å². The number of Topliss-reactive ketones (excluding diaryl/α,β-unsaturated/α-hetero) is 1. The highest BCUT2D eigenvalue weighted by atomic mass is 16.5. The number of hydrogen-bond acceptors (Lipinski definition) is 8. The minimum Gasteiger partial charge on any atom is -0.504 e. The second-order valence-electron chi connectivity index (χ2n) is 10.4. The minimum absolute atomic E-state index is 0.0126. The zero-order chi connectivity index (χ0) is 29.3. The van der Waals surface area contributed by atoms with Crippen LogP contribution < -0.4 is 16.2 Å². The molecule has 10 nitrogen and oxygen atoms in total. The largest absolute Gasteiger partial charge is 0.504 e. The predicted octanol–water partition coefficient (Wildman–Crippen LogP) is 3.16. The maximum absolute atomic E-state index is 13.3. The van der Waals surface area contributed by atoms with E-state index in [4.69, 9.17) is 20.9 Å². The Labute approximate surface area is 229 Å². The third kappa shape index (κ3) is 8.80. The van der Waals surface area contributed by atoms with Gasteiger partial charge in [0.25, 0.3) is 0 Å². The fourth-order valence-electron chi connectivity index (χ4n) is 4.05. The van der Waals surface area contributed by atoms with E-state index in [1.165, 1.54) is 12.1 Å². The third-order valence-corrected chi connectivity index (χ3v) is 6.06. The number of phenols is 1. The van der Waals surface area contributed by atoms with E-state index in [1.807, 2.05) is 27.7 Å². The van der Waals surface area contributed by atoms with Crippen molar-refractivity contribution >= 4 is 17.6 Å². The summed E-state index contributed by atoms with van der Waals surface area (Å²) in [7, 11) is 1.75. The number of likely N-dealkylation sites (N-methyl/N-ethyl adjacent to an activating group) is 1. The topological polar surface area (TPSA) is 169 Å². The number of ether oxygens (including phenoxy) is 2. The molecule has 0 fully saturated rings. The predicted molar refractivity (Wildman–Crippen MR) is 146 cm³/mol. The summed E-state index contributed by atoms with van der Waals surface area (Å²) in [6.45, 7) is 8.62. The van der Waals surface area contributed by atoms with E-state index < -0.39 is 17.2 Å². The second-order valence-corrected chi connectivity index (χ2v) is 10.4. The van der Waals surface area contributed by atoms with Crippen molar-refractivity contribution in [1.82, 2.24) is 4.90 Å². The summed E-state index contributed by atoms with van der Waals surface area (Å²) in [6, 6.07) is 8.42. The molecule has 2 amide bonds. The number of aromatic hydroxyl groups is 1. The molecule has 0 spiro atoms. The van der Waals surface area contributed by atoms with Crippen molar-refractivity contribution < 1.29 is 29.0 Å². The van der Waals surface area contributed by atoms with Gasteiger partial charge in [0.2, 0.25) is 11.8 Å². The van der Waals surface area contributed by atoms with Crippen LogP contribution in [0, 0.1) is 11.3 Å². The van der Waals surface area contributed by atoms with Gasteiger partial charge in [-0.15, -0.1) is 0 Å². The molecule has 10 heteroatoms. The third-order valence-electron chi connectivity index (χ3n) is 6.06. The molecule has 0 unspecified atom stereocenters. The average molecular weight is 539 g/mol. The number of phenolic OH excluding ortho intramolecular Hbond substituents is 1. The highest BCUT2D eigenvalue weighted by Crippen LogP contribution is 2.39. The number of nitrogens with zero attached hydrogens (tertiary/aromatic N) is 2. The summed E-state index contributed by atoms with van der Waals surface area (Å²) in [5.74, 6) is -1.20. The van der Waals surface area contributed by atoms with Crippen LogP contribution in [0.2, 0.25) is 0 Å². The molecule has 0 aliphatic rings. The van der Waals surface area contributed by atoms with E-state index in [9.17, 15) is 24.8 Å². The monoisotopic (exact) mass is 538 g/mol. The molecule has 39 heavy (non-hydrogen) atoms. The van der Waals surface area contributed by atoms with Crippen molar-refractivity contribution in [2.45, 2.75) is 59.1 Å². The Hall–Kier alpha value is -3.94. The van der Waals surface area contributed by atoms with Crippen LogP contribution in [0.25, 0.3) is 0 Å². The van der Waals surface area contributed by atoms with Gasteiger partial charge in [0.1, 0.15) is 0 Å². The van der Waals surface area contributed by atoms with Gasteiger partial charge in [-0.25, -0.2) is 0 Å². The van der Waals surface area contributed by atoms with Gasteiger partial charge < -0.3 is 26.0 Å². The Balaban J connectivity index is 2.31. The lowest BCUT2D eigenvalue weighted by Gasteiger charge is -2.24. The summed E-state index contributed by atoms with van der Waals surface area (Å²) >= 11 is 0. The van der Waals surface area contributed by atoms with Crippen molar-refractivity contribution in [2.24, 2.45) is 11.5 Å². The van der Waals surface area contributed by atoms with E-state index in [0.29, 0.717) is 35.3 Å². The SMILES string of the molecule is CCOCc1cc(CN(C)CC(=O)c2cc(OCCCC(N)=O)c(O)c(C(C)(C)C)c2)c(C#N)cc1C(N)=O. The molecular weight excluding hydrogens is 500 g/mol. The van der Waals surface area contributed by atoms with Crippen molar-refractivity contribution in [2.75, 3.05) is 26.8 Å². The molecule has 2 aromatic rings. The molecule has 0 saturated carbocycles. The van der Waals surface area contributed by atoms with Gasteiger partial charge in [0.05, 0.1) is 31.4 Å². The number of nitriles is 1. The molecule has 2 rings (SSSR count). The van der Waals surface area contributed by atoms with Crippen LogP contribution in [0.15, 0.2) is 24.3 Å². The molecule has 0 atom stereocenters. The Kier molecular flexibility index (Phi) is 11.0. The smallest absolute Gasteiger partial charge is 0.249 e. The van der Waals surface area contributed by atoms with Crippen LogP contribution in [0.4, 0.5) is 0 Å². The van der Waals surface area contributed by atoms with Crippen LogP contribution in [-0.2, 0) is 28.1 Å². The Morgan fingerprint density at radius 3 is 2.36 bits per heavy atom. The van der Waals surface area contributed by atoms with E-state index >= 15 is 0 Å². The highest BCUT2D eigenvalue weighted by molar-refractivity contribution is 5.98. The first kappa shape index (κ1) is 31.3. The molecule has 0 aliphatic heterocycles. The van der Waals surface area contributed by atoms with Gasteiger partial charge in [0.15, 0.2) is 17.3 Å². The van der Waals surface area contributed by atoms with Crippen molar-refractivity contribution in [3.8, 4) is 17.6 Å². The lowest BCUT2D eigenvalue weighted by Crippen LogP contribution is -2.27. The minimum atomic E-state index is -0.647. The number of ketones is 1. The first-order chi connectivity index (χ1) is 18.3. The number of hydrogen-bond donors (Lipinski definition) is 3. The molecule has 210 valence electrons. The zero-order valence-electron chi connectivity index (χ0n) is 23.3. The van der Waals surface area contributed by atoms with Crippen molar-refractivity contribution in [1.29, 1.82) is 5.26 Å². The van der Waals surface area contributed by atoms with Gasteiger partial charge in [-0.2, -0.15) is 5.26 Å². The van der Waals surface area contributed by atoms with Crippen LogP contribution >= 0.6 is 0 Å². The molecule has 5 N–H and O–H groups in total. The molecule has 0 saturated heterocycles. The molecule has 0 aliphatic carbocycles. The number of carbonyl (C=O) groups is 3. The average Bonchev–Trinajstić information content (AvgIpc) is 2.84. The molecule has 0 aromatic heterocycles. The number of primary amides is 2.